The largest absolute Gasteiger partial charge is 0.454 e. The van der Waals surface area contributed by atoms with Gasteiger partial charge in [0, 0.05) is 5.02 Å². The number of ether oxygens (including phenoxy) is 2. The summed E-state index contributed by atoms with van der Waals surface area (Å²) in [6.45, 7) is 0.112. The van der Waals surface area contributed by atoms with E-state index in [0.717, 1.165) is 0 Å². The molecule has 4 N–H and O–H groups in total. The van der Waals surface area contributed by atoms with E-state index < -0.39 is 11.7 Å². The van der Waals surface area contributed by atoms with Crippen molar-refractivity contribution in [1.82, 2.24) is 9.97 Å². The molecule has 0 saturated heterocycles. The van der Waals surface area contributed by atoms with E-state index in [1.54, 1.807) is 36.4 Å². The number of hydrogen-bond acceptors (Lipinski definition) is 7. The number of H-pyrrole nitrogens is 1. The highest BCUT2D eigenvalue weighted by Crippen LogP contribution is 2.34. The number of nitrogens with zero attached hydrogens (tertiary/aromatic N) is 2. The fourth-order valence-corrected chi connectivity index (χ4v) is 2.91. The highest BCUT2D eigenvalue weighted by molar-refractivity contribution is 6.31. The van der Waals surface area contributed by atoms with Crippen LogP contribution >= 0.6 is 11.6 Å². The van der Waals surface area contributed by atoms with Crippen LogP contribution in [0.25, 0.3) is 11.0 Å². The number of benzene rings is 2. The SMILES string of the molecule is N/N=C(/c1nc2ccc(Cl)cc2[nH]c1=O)[C@H](O)c1ccc2c(c1)OCO2. The Morgan fingerprint density at radius 1 is 1.27 bits per heavy atom. The molecule has 0 saturated carbocycles. The zero-order valence-electron chi connectivity index (χ0n) is 13.3. The number of aromatic nitrogens is 2. The van der Waals surface area contributed by atoms with E-state index >= 15 is 0 Å². The number of halogens is 1. The third-order valence-corrected chi connectivity index (χ3v) is 4.24. The van der Waals surface area contributed by atoms with Gasteiger partial charge in [0.15, 0.2) is 17.2 Å². The Balaban J connectivity index is 1.77. The van der Waals surface area contributed by atoms with Crippen LogP contribution in [0.3, 0.4) is 0 Å². The standard InChI is InChI=1S/C17H13ClN4O4/c18-9-2-3-10-11(6-9)21-17(24)15(20-10)14(22-19)16(23)8-1-4-12-13(5-8)26-7-25-12/h1-6,16,23H,7,19H2,(H,21,24)/b22-14-/t16-/m1/s1. The molecule has 3 aromatic rings. The zero-order chi connectivity index (χ0) is 18.3. The van der Waals surface area contributed by atoms with Gasteiger partial charge in [0.1, 0.15) is 11.8 Å². The third-order valence-electron chi connectivity index (χ3n) is 4.01. The van der Waals surface area contributed by atoms with Gasteiger partial charge in [-0.3, -0.25) is 4.79 Å². The lowest BCUT2D eigenvalue weighted by Gasteiger charge is -2.13. The van der Waals surface area contributed by atoms with Crippen LogP contribution in [0.5, 0.6) is 11.5 Å². The molecule has 0 radical (unpaired) electrons. The lowest BCUT2D eigenvalue weighted by atomic mass is 10.0. The smallest absolute Gasteiger partial charge is 0.276 e. The summed E-state index contributed by atoms with van der Waals surface area (Å²) >= 11 is 5.92. The Morgan fingerprint density at radius 3 is 2.88 bits per heavy atom. The van der Waals surface area contributed by atoms with Crippen LogP contribution < -0.4 is 20.9 Å². The first-order valence-electron chi connectivity index (χ1n) is 7.62. The summed E-state index contributed by atoms with van der Waals surface area (Å²) < 4.78 is 10.5. The van der Waals surface area contributed by atoms with Gasteiger partial charge in [0.05, 0.1) is 11.0 Å². The topological polar surface area (TPSA) is 123 Å². The zero-order valence-corrected chi connectivity index (χ0v) is 14.0. The molecule has 0 amide bonds. The maximum absolute atomic E-state index is 12.4. The van der Waals surface area contributed by atoms with Gasteiger partial charge in [-0.05, 0) is 35.9 Å². The number of hydrogen-bond donors (Lipinski definition) is 3. The van der Waals surface area contributed by atoms with Crippen molar-refractivity contribution < 1.29 is 14.6 Å². The monoisotopic (exact) mass is 372 g/mol. The number of aliphatic hydroxyl groups excluding tert-OH is 1. The first kappa shape index (κ1) is 16.4. The molecule has 0 spiro atoms. The van der Waals surface area contributed by atoms with E-state index in [-0.39, 0.29) is 18.2 Å². The first-order valence-corrected chi connectivity index (χ1v) is 8.00. The minimum absolute atomic E-state index is 0.0676. The minimum atomic E-state index is -1.27. The molecule has 1 atom stereocenters. The Bertz CT molecular complexity index is 1100. The quantitative estimate of drug-likeness (QED) is 0.365. The van der Waals surface area contributed by atoms with Crippen molar-refractivity contribution in [2.24, 2.45) is 10.9 Å². The Labute approximate surface area is 151 Å². The molecule has 8 nitrogen and oxygen atoms in total. The van der Waals surface area contributed by atoms with Crippen molar-refractivity contribution in [2.45, 2.75) is 6.10 Å². The number of aliphatic hydroxyl groups is 1. The van der Waals surface area contributed by atoms with Crippen LogP contribution in [0.2, 0.25) is 5.02 Å². The number of nitrogens with two attached hydrogens (primary N) is 1. The lowest BCUT2D eigenvalue weighted by molar-refractivity contribution is 0.173. The van der Waals surface area contributed by atoms with Crippen molar-refractivity contribution in [3.05, 3.63) is 63.0 Å². The second-order valence-corrected chi connectivity index (χ2v) is 6.04. The van der Waals surface area contributed by atoms with Gasteiger partial charge in [0.2, 0.25) is 6.79 Å². The molecule has 1 aliphatic heterocycles. The van der Waals surface area contributed by atoms with Gasteiger partial charge in [-0.15, -0.1) is 0 Å². The van der Waals surface area contributed by atoms with E-state index in [1.807, 2.05) is 0 Å². The van der Waals surface area contributed by atoms with Crippen molar-refractivity contribution >= 4 is 28.3 Å². The highest BCUT2D eigenvalue weighted by atomic mass is 35.5. The molecule has 0 bridgehead atoms. The summed E-state index contributed by atoms with van der Waals surface area (Å²) in [5.74, 6) is 6.52. The Morgan fingerprint density at radius 2 is 2.08 bits per heavy atom. The summed E-state index contributed by atoms with van der Waals surface area (Å²) in [7, 11) is 0. The molecule has 1 aliphatic rings. The molecule has 0 aliphatic carbocycles. The fraction of sp³-hybridized carbons (Fsp3) is 0.118. The molecule has 26 heavy (non-hydrogen) atoms. The Hall–Kier alpha value is -3.10. The van der Waals surface area contributed by atoms with Crippen LogP contribution in [0, 0.1) is 0 Å². The Kier molecular flexibility index (Phi) is 3.98. The summed E-state index contributed by atoms with van der Waals surface area (Å²) in [6.07, 6.45) is -1.27. The number of aromatic amines is 1. The normalized spacial score (nSPS) is 14.6. The van der Waals surface area contributed by atoms with E-state index in [4.69, 9.17) is 26.9 Å². The second kappa shape index (κ2) is 6.32. The van der Waals surface area contributed by atoms with E-state index in [2.05, 4.69) is 15.1 Å². The van der Waals surface area contributed by atoms with Gasteiger partial charge in [0.25, 0.3) is 5.56 Å². The summed E-state index contributed by atoms with van der Waals surface area (Å²) in [5.41, 5.74) is 0.720. The number of hydrazone groups is 1. The number of fused-ring (bicyclic) bond motifs is 2. The predicted octanol–water partition coefficient (Wildman–Crippen LogP) is 1.70. The van der Waals surface area contributed by atoms with E-state index in [1.165, 1.54) is 0 Å². The second-order valence-electron chi connectivity index (χ2n) is 5.61. The maximum atomic E-state index is 12.4. The third kappa shape index (κ3) is 2.75. The molecule has 132 valence electrons. The maximum Gasteiger partial charge on any atom is 0.276 e. The van der Waals surface area contributed by atoms with Gasteiger partial charge >= 0.3 is 0 Å². The molecule has 9 heteroatoms. The average molecular weight is 373 g/mol. The van der Waals surface area contributed by atoms with Crippen molar-refractivity contribution in [1.29, 1.82) is 0 Å². The van der Waals surface area contributed by atoms with Crippen LogP contribution in [-0.2, 0) is 0 Å². The van der Waals surface area contributed by atoms with Crippen LogP contribution in [0.15, 0.2) is 46.3 Å². The average Bonchev–Trinajstić information content (AvgIpc) is 3.10. The number of nitrogens with one attached hydrogen (secondary N) is 1. The molecule has 0 unspecified atom stereocenters. The van der Waals surface area contributed by atoms with Gasteiger partial charge in [-0.1, -0.05) is 17.7 Å². The van der Waals surface area contributed by atoms with Crippen LogP contribution in [0.4, 0.5) is 0 Å². The molecule has 2 aromatic carbocycles. The summed E-state index contributed by atoms with van der Waals surface area (Å²) in [6, 6.07) is 9.79. The minimum Gasteiger partial charge on any atom is -0.454 e. The van der Waals surface area contributed by atoms with Crippen molar-refractivity contribution in [3.63, 3.8) is 0 Å². The molecule has 2 heterocycles. The first-order chi connectivity index (χ1) is 12.6. The van der Waals surface area contributed by atoms with E-state index in [9.17, 15) is 9.90 Å². The fourth-order valence-electron chi connectivity index (χ4n) is 2.73. The molecular formula is C17H13ClN4O4. The van der Waals surface area contributed by atoms with Crippen LogP contribution in [0.1, 0.15) is 17.4 Å². The molecule has 0 fully saturated rings. The molecule has 4 rings (SSSR count). The van der Waals surface area contributed by atoms with Gasteiger partial charge in [-0.2, -0.15) is 5.10 Å². The molecule has 1 aromatic heterocycles. The van der Waals surface area contributed by atoms with Crippen LogP contribution in [-0.4, -0.2) is 27.6 Å². The van der Waals surface area contributed by atoms with Gasteiger partial charge < -0.3 is 25.4 Å². The van der Waals surface area contributed by atoms with Crippen molar-refractivity contribution in [3.8, 4) is 11.5 Å². The summed E-state index contributed by atoms with van der Waals surface area (Å²) in [4.78, 5) is 19.4. The highest BCUT2D eigenvalue weighted by Gasteiger charge is 2.24. The summed E-state index contributed by atoms with van der Waals surface area (Å²) in [5, 5.41) is 14.8. The van der Waals surface area contributed by atoms with Gasteiger partial charge in [-0.25, -0.2) is 4.98 Å². The van der Waals surface area contributed by atoms with E-state index in [0.29, 0.717) is 33.1 Å². The number of rotatable bonds is 3. The van der Waals surface area contributed by atoms with Crippen molar-refractivity contribution in [2.75, 3.05) is 6.79 Å². The predicted molar refractivity (Wildman–Crippen MR) is 95.6 cm³/mol. The lowest BCUT2D eigenvalue weighted by Crippen LogP contribution is -2.26. The molecular weight excluding hydrogens is 360 g/mol.